The quantitative estimate of drug-likeness (QED) is 0.0400. The Kier molecular flexibility index (Phi) is 14.6. The Morgan fingerprint density at radius 3 is 2.29 bits per heavy atom. The standard InChI is InChI=1S/C40H43Cl4N5O3/c1-3-4-5-6-7-8-9-18-31(22-21-26(2)41)52-40(51)28-16-12-17-30(23-28)45-38-36(47-46-35-20-13-15-27-14-10-11-19-32(27)35)39(50)49(48-38)37-33(43)24-29(42)25-34(37)44/h10-17,19-20,23-26,31,45,48H,3-9,18,21-22H2,1-2H3. The SMILES string of the molecule is CCCCCCCCCC(CCC(C)Cl)OC(=O)c1cccc(Nc2[nH]n(-c3c(Cl)cc(Cl)cc3Cl)c(=O)c2N=Nc2cccc3ccccc23)c1. The highest BCUT2D eigenvalue weighted by molar-refractivity contribution is 6.40. The molecule has 2 atom stereocenters. The van der Waals surface area contributed by atoms with Crippen molar-refractivity contribution in [1.29, 1.82) is 0 Å². The number of benzene rings is 4. The van der Waals surface area contributed by atoms with Gasteiger partial charge in [0.15, 0.2) is 11.5 Å². The van der Waals surface area contributed by atoms with Crippen LogP contribution in [0.3, 0.4) is 0 Å². The molecule has 274 valence electrons. The number of anilines is 2. The summed E-state index contributed by atoms with van der Waals surface area (Å²) in [6, 6.07) is 23.3. The number of esters is 1. The van der Waals surface area contributed by atoms with E-state index in [0.717, 1.165) is 36.5 Å². The number of aromatic amines is 1. The van der Waals surface area contributed by atoms with E-state index in [4.69, 9.17) is 51.1 Å². The van der Waals surface area contributed by atoms with Crippen molar-refractivity contribution in [2.45, 2.75) is 89.5 Å². The molecule has 0 aliphatic carbocycles. The topological polar surface area (TPSA) is 101 Å². The van der Waals surface area contributed by atoms with Gasteiger partial charge < -0.3 is 10.1 Å². The van der Waals surface area contributed by atoms with Gasteiger partial charge in [-0.05, 0) is 74.4 Å². The number of fused-ring (bicyclic) bond motifs is 1. The summed E-state index contributed by atoms with van der Waals surface area (Å²) in [6.45, 7) is 4.17. The van der Waals surface area contributed by atoms with Gasteiger partial charge in [0.25, 0.3) is 0 Å². The van der Waals surface area contributed by atoms with E-state index in [1.165, 1.54) is 48.9 Å². The second-order valence-electron chi connectivity index (χ2n) is 12.9. The molecule has 8 nitrogen and oxygen atoms in total. The fourth-order valence-electron chi connectivity index (χ4n) is 6.01. The Hall–Kier alpha value is -3.82. The summed E-state index contributed by atoms with van der Waals surface area (Å²) in [5.41, 5.74) is 1.05. The molecule has 0 aliphatic heterocycles. The molecule has 0 bridgehead atoms. The van der Waals surface area contributed by atoms with Gasteiger partial charge in [-0.2, -0.15) is 0 Å². The Morgan fingerprint density at radius 1 is 0.846 bits per heavy atom. The summed E-state index contributed by atoms with van der Waals surface area (Å²) in [5.74, 6) is -0.227. The summed E-state index contributed by atoms with van der Waals surface area (Å²) in [7, 11) is 0. The molecule has 5 rings (SSSR count). The van der Waals surface area contributed by atoms with E-state index in [1.54, 1.807) is 24.3 Å². The fourth-order valence-corrected chi connectivity index (χ4v) is 7.12. The highest BCUT2D eigenvalue weighted by Crippen LogP contribution is 2.35. The number of nitrogens with one attached hydrogen (secondary N) is 2. The van der Waals surface area contributed by atoms with Crippen molar-refractivity contribution in [3.8, 4) is 5.69 Å². The number of carbonyl (C=O) groups is 1. The van der Waals surface area contributed by atoms with Crippen molar-refractivity contribution in [2.24, 2.45) is 10.2 Å². The molecule has 0 saturated heterocycles. The maximum absolute atomic E-state index is 13.9. The lowest BCUT2D eigenvalue weighted by atomic mass is 10.0. The van der Waals surface area contributed by atoms with Crippen LogP contribution in [0.2, 0.25) is 15.1 Å². The fraction of sp³-hybridized carbons (Fsp3) is 0.350. The predicted molar refractivity (Wildman–Crippen MR) is 216 cm³/mol. The largest absolute Gasteiger partial charge is 0.459 e. The van der Waals surface area contributed by atoms with Gasteiger partial charge in [0.2, 0.25) is 0 Å². The number of H-pyrrole nitrogens is 1. The molecule has 1 heterocycles. The van der Waals surface area contributed by atoms with Crippen LogP contribution in [0.4, 0.5) is 22.9 Å². The Morgan fingerprint density at radius 2 is 1.54 bits per heavy atom. The Balaban J connectivity index is 1.41. The normalized spacial score (nSPS) is 12.7. The van der Waals surface area contributed by atoms with E-state index >= 15 is 0 Å². The minimum absolute atomic E-state index is 0.0122. The van der Waals surface area contributed by atoms with Crippen LogP contribution in [-0.4, -0.2) is 27.2 Å². The Labute approximate surface area is 324 Å². The smallest absolute Gasteiger partial charge is 0.338 e. The molecule has 0 saturated carbocycles. The lowest BCUT2D eigenvalue weighted by Crippen LogP contribution is -2.19. The van der Waals surface area contributed by atoms with E-state index in [1.807, 2.05) is 49.4 Å². The average Bonchev–Trinajstić information content (AvgIpc) is 3.41. The third kappa shape index (κ3) is 10.6. The minimum Gasteiger partial charge on any atom is -0.459 e. The molecule has 2 N–H and O–H groups in total. The molecule has 0 aliphatic rings. The number of rotatable bonds is 18. The molecular weight excluding hydrogens is 740 g/mol. The van der Waals surface area contributed by atoms with Crippen molar-refractivity contribution in [3.63, 3.8) is 0 Å². The van der Waals surface area contributed by atoms with Gasteiger partial charge in [-0.1, -0.05) is 123 Å². The summed E-state index contributed by atoms with van der Waals surface area (Å²) < 4.78 is 7.23. The van der Waals surface area contributed by atoms with Gasteiger partial charge in [-0.3, -0.25) is 9.89 Å². The van der Waals surface area contributed by atoms with Crippen molar-refractivity contribution in [1.82, 2.24) is 9.78 Å². The number of nitrogens with zero attached hydrogens (tertiary/aromatic N) is 3. The lowest BCUT2D eigenvalue weighted by molar-refractivity contribution is 0.0250. The lowest BCUT2D eigenvalue weighted by Gasteiger charge is -2.19. The molecule has 5 aromatic rings. The zero-order valence-corrected chi connectivity index (χ0v) is 32.3. The van der Waals surface area contributed by atoms with E-state index in [-0.39, 0.29) is 38.7 Å². The molecule has 12 heteroatoms. The first-order valence-electron chi connectivity index (χ1n) is 17.8. The van der Waals surface area contributed by atoms with Crippen LogP contribution in [0.25, 0.3) is 16.5 Å². The average molecular weight is 784 g/mol. The van der Waals surface area contributed by atoms with Gasteiger partial charge in [-0.25, -0.2) is 9.48 Å². The van der Waals surface area contributed by atoms with Crippen LogP contribution < -0.4 is 10.9 Å². The van der Waals surface area contributed by atoms with E-state index in [9.17, 15) is 9.59 Å². The summed E-state index contributed by atoms with van der Waals surface area (Å²) in [5, 5.41) is 17.6. The summed E-state index contributed by atoms with van der Waals surface area (Å²) >= 11 is 25.5. The maximum Gasteiger partial charge on any atom is 0.338 e. The number of alkyl halides is 1. The van der Waals surface area contributed by atoms with Crippen molar-refractivity contribution < 1.29 is 9.53 Å². The van der Waals surface area contributed by atoms with Gasteiger partial charge >= 0.3 is 11.5 Å². The summed E-state index contributed by atoms with van der Waals surface area (Å²) in [6.07, 6.45) is 10.3. The maximum atomic E-state index is 13.9. The Bertz CT molecular complexity index is 2030. The molecular formula is C40H43Cl4N5O3. The number of halogens is 4. The third-order valence-electron chi connectivity index (χ3n) is 8.75. The minimum atomic E-state index is -0.560. The molecule has 0 radical (unpaired) electrons. The predicted octanol–water partition coefficient (Wildman–Crippen LogP) is 13.5. The molecule has 0 fully saturated rings. The number of carbonyl (C=O) groups excluding carboxylic acids is 1. The first-order chi connectivity index (χ1) is 25.1. The molecule has 1 aromatic heterocycles. The first-order valence-corrected chi connectivity index (χ1v) is 19.3. The zero-order chi connectivity index (χ0) is 37.0. The van der Waals surface area contributed by atoms with Crippen molar-refractivity contribution in [3.05, 3.63) is 110 Å². The second kappa shape index (κ2) is 19.3. The third-order valence-corrected chi connectivity index (χ3v) is 9.77. The number of ether oxygens (including phenoxy) is 1. The van der Waals surface area contributed by atoms with Gasteiger partial charge in [0, 0.05) is 21.5 Å². The number of hydrogen-bond acceptors (Lipinski definition) is 6. The molecule has 2 unspecified atom stereocenters. The number of azo groups is 1. The number of hydrogen-bond donors (Lipinski definition) is 2. The van der Waals surface area contributed by atoms with E-state index in [0.29, 0.717) is 28.4 Å². The van der Waals surface area contributed by atoms with E-state index in [2.05, 4.69) is 27.6 Å². The molecule has 0 amide bonds. The van der Waals surface area contributed by atoms with Gasteiger partial charge in [0.05, 0.1) is 21.3 Å². The van der Waals surface area contributed by atoms with Gasteiger partial charge in [0.1, 0.15) is 11.8 Å². The zero-order valence-electron chi connectivity index (χ0n) is 29.3. The number of unbranched alkanes of at least 4 members (excludes halogenated alkanes) is 6. The van der Waals surface area contributed by atoms with Crippen LogP contribution in [0, 0.1) is 0 Å². The summed E-state index contributed by atoms with van der Waals surface area (Å²) in [4.78, 5) is 27.4. The molecule has 4 aromatic carbocycles. The number of aromatic nitrogens is 2. The van der Waals surface area contributed by atoms with Crippen molar-refractivity contribution >= 4 is 86.0 Å². The van der Waals surface area contributed by atoms with E-state index < -0.39 is 11.5 Å². The molecule has 52 heavy (non-hydrogen) atoms. The highest BCUT2D eigenvalue weighted by atomic mass is 35.5. The van der Waals surface area contributed by atoms with Crippen LogP contribution in [0.15, 0.2) is 93.9 Å². The second-order valence-corrected chi connectivity index (χ2v) is 14.9. The van der Waals surface area contributed by atoms with Gasteiger partial charge in [-0.15, -0.1) is 21.8 Å². The van der Waals surface area contributed by atoms with Crippen LogP contribution in [0.1, 0.15) is 88.4 Å². The first kappa shape index (κ1) is 39.4. The highest BCUT2D eigenvalue weighted by Gasteiger charge is 2.22. The van der Waals surface area contributed by atoms with Crippen LogP contribution in [0.5, 0.6) is 0 Å². The van der Waals surface area contributed by atoms with Crippen LogP contribution >= 0.6 is 46.4 Å². The monoisotopic (exact) mass is 781 g/mol. The van der Waals surface area contributed by atoms with Crippen LogP contribution in [-0.2, 0) is 4.74 Å². The molecule has 0 spiro atoms. The van der Waals surface area contributed by atoms with Crippen molar-refractivity contribution in [2.75, 3.05) is 5.32 Å².